The lowest BCUT2D eigenvalue weighted by atomic mass is 9.95. The molecule has 0 saturated heterocycles. The van der Waals surface area contributed by atoms with E-state index in [4.69, 9.17) is 25.8 Å². The summed E-state index contributed by atoms with van der Waals surface area (Å²) in [5.74, 6) is 0.648. The number of halogens is 1. The molecule has 152 valence electrons. The number of esters is 1. The fourth-order valence-electron chi connectivity index (χ4n) is 2.91. The largest absolute Gasteiger partial charge is 0.460 e. The lowest BCUT2D eigenvalue weighted by molar-refractivity contribution is -0.140. The molecule has 2 aromatic carbocycles. The van der Waals surface area contributed by atoms with Crippen molar-refractivity contribution in [1.29, 1.82) is 0 Å². The van der Waals surface area contributed by atoms with Gasteiger partial charge in [-0.1, -0.05) is 23.7 Å². The molecule has 7 nitrogen and oxygen atoms in total. The van der Waals surface area contributed by atoms with Crippen LogP contribution >= 0.6 is 11.6 Å². The first-order valence-electron chi connectivity index (χ1n) is 8.95. The van der Waals surface area contributed by atoms with Crippen LogP contribution in [0, 0.1) is 0 Å². The van der Waals surface area contributed by atoms with Gasteiger partial charge in [-0.05, 0) is 48.9 Å². The Labute approximate surface area is 173 Å². The molecular weight excluding hydrogens is 396 g/mol. The molecule has 1 heterocycles. The second-order valence-electron chi connectivity index (χ2n) is 6.33. The Bertz CT molecular complexity index is 927. The normalized spacial score (nSPS) is 16.1. The minimum absolute atomic E-state index is 0.118. The van der Waals surface area contributed by atoms with Crippen molar-refractivity contribution in [2.45, 2.75) is 13.0 Å². The number of methoxy groups -OCH3 is 1. The third-order valence-electron chi connectivity index (χ3n) is 4.25. The van der Waals surface area contributed by atoms with Gasteiger partial charge in [0.1, 0.15) is 18.1 Å². The molecule has 2 N–H and O–H groups in total. The Hall–Kier alpha value is -3.03. The van der Waals surface area contributed by atoms with Crippen molar-refractivity contribution in [1.82, 2.24) is 10.6 Å². The smallest absolute Gasteiger partial charge is 0.338 e. The maximum absolute atomic E-state index is 12.6. The fourth-order valence-corrected chi connectivity index (χ4v) is 3.03. The average Bonchev–Trinajstić information content (AvgIpc) is 2.69. The zero-order valence-corrected chi connectivity index (χ0v) is 16.8. The summed E-state index contributed by atoms with van der Waals surface area (Å²) in [7, 11) is 1.52. The zero-order chi connectivity index (χ0) is 20.8. The van der Waals surface area contributed by atoms with Gasteiger partial charge in [0.25, 0.3) is 0 Å². The van der Waals surface area contributed by atoms with Crippen LogP contribution in [-0.4, -0.2) is 32.3 Å². The van der Waals surface area contributed by atoms with Crippen LogP contribution in [0.2, 0.25) is 5.02 Å². The zero-order valence-electron chi connectivity index (χ0n) is 16.0. The Morgan fingerprint density at radius 1 is 1.10 bits per heavy atom. The molecule has 1 atom stereocenters. The lowest BCUT2D eigenvalue weighted by Crippen LogP contribution is -2.45. The van der Waals surface area contributed by atoms with E-state index in [1.165, 1.54) is 7.11 Å². The standard InChI is InChI=1S/C21H21ClN2O5/c1-13-18(20(25)28-11-10-27-2)19(24-21(26)23-13)14-4-3-5-17(12-14)29-16-8-6-15(22)7-9-16/h3-9,12,19H,10-11H2,1-2H3,(H2,23,24,26). The number of carbonyl (C=O) groups excluding carboxylic acids is 2. The molecule has 1 unspecified atom stereocenters. The number of allylic oxidation sites excluding steroid dienone is 1. The molecule has 0 aliphatic carbocycles. The van der Waals surface area contributed by atoms with E-state index in [1.54, 1.807) is 55.5 Å². The van der Waals surface area contributed by atoms with Crippen LogP contribution in [0.25, 0.3) is 0 Å². The van der Waals surface area contributed by atoms with Gasteiger partial charge in [0.05, 0.1) is 18.2 Å². The van der Waals surface area contributed by atoms with Crippen molar-refractivity contribution in [3.8, 4) is 11.5 Å². The highest BCUT2D eigenvalue weighted by Crippen LogP contribution is 2.31. The SMILES string of the molecule is COCCOC(=O)C1=C(C)NC(=O)NC1c1cccc(Oc2ccc(Cl)cc2)c1. The second-order valence-corrected chi connectivity index (χ2v) is 6.76. The van der Waals surface area contributed by atoms with Gasteiger partial charge in [0, 0.05) is 17.8 Å². The number of hydrogen-bond donors (Lipinski definition) is 2. The van der Waals surface area contributed by atoms with Crippen LogP contribution in [0.15, 0.2) is 59.8 Å². The summed E-state index contributed by atoms with van der Waals surface area (Å²) < 4.78 is 16.0. The summed E-state index contributed by atoms with van der Waals surface area (Å²) in [6.45, 7) is 2.06. The molecule has 0 aromatic heterocycles. The number of amides is 2. The highest BCUT2D eigenvalue weighted by atomic mass is 35.5. The van der Waals surface area contributed by atoms with Crippen LogP contribution < -0.4 is 15.4 Å². The van der Waals surface area contributed by atoms with E-state index in [9.17, 15) is 9.59 Å². The minimum atomic E-state index is -0.674. The molecule has 3 rings (SSSR count). The molecule has 8 heteroatoms. The molecule has 0 radical (unpaired) electrons. The number of nitrogens with one attached hydrogen (secondary N) is 2. The minimum Gasteiger partial charge on any atom is -0.460 e. The first-order valence-corrected chi connectivity index (χ1v) is 9.33. The van der Waals surface area contributed by atoms with E-state index >= 15 is 0 Å². The number of ether oxygens (including phenoxy) is 3. The van der Waals surface area contributed by atoms with E-state index in [2.05, 4.69) is 10.6 Å². The number of carbonyl (C=O) groups is 2. The van der Waals surface area contributed by atoms with E-state index < -0.39 is 18.0 Å². The van der Waals surface area contributed by atoms with Gasteiger partial charge in [-0.3, -0.25) is 0 Å². The number of rotatable bonds is 7. The lowest BCUT2D eigenvalue weighted by Gasteiger charge is -2.28. The van der Waals surface area contributed by atoms with E-state index in [0.29, 0.717) is 33.4 Å². The first kappa shape index (κ1) is 20.7. The summed E-state index contributed by atoms with van der Waals surface area (Å²) in [6.07, 6.45) is 0. The highest BCUT2D eigenvalue weighted by Gasteiger charge is 2.32. The summed E-state index contributed by atoms with van der Waals surface area (Å²) in [6, 6.07) is 13.0. The van der Waals surface area contributed by atoms with Crippen LogP contribution in [0.3, 0.4) is 0 Å². The van der Waals surface area contributed by atoms with Crippen LogP contribution in [0.4, 0.5) is 4.79 Å². The third-order valence-corrected chi connectivity index (χ3v) is 4.50. The van der Waals surface area contributed by atoms with E-state index in [-0.39, 0.29) is 13.2 Å². The predicted octanol–water partition coefficient (Wildman–Crippen LogP) is 3.95. The molecule has 0 fully saturated rings. The molecule has 0 saturated carbocycles. The second kappa shape index (κ2) is 9.45. The molecule has 29 heavy (non-hydrogen) atoms. The van der Waals surface area contributed by atoms with Gasteiger partial charge in [-0.15, -0.1) is 0 Å². The quantitative estimate of drug-likeness (QED) is 0.527. The number of urea groups is 1. The molecule has 2 amide bonds. The highest BCUT2D eigenvalue weighted by molar-refractivity contribution is 6.30. The van der Waals surface area contributed by atoms with Crippen molar-refractivity contribution in [3.63, 3.8) is 0 Å². The topological polar surface area (TPSA) is 85.9 Å². The van der Waals surface area contributed by atoms with Gasteiger partial charge in [-0.2, -0.15) is 0 Å². The van der Waals surface area contributed by atoms with E-state index in [0.717, 1.165) is 0 Å². The molecule has 2 aromatic rings. The van der Waals surface area contributed by atoms with Crippen LogP contribution in [0.5, 0.6) is 11.5 Å². The van der Waals surface area contributed by atoms with Crippen molar-refractivity contribution in [3.05, 3.63) is 70.4 Å². The summed E-state index contributed by atoms with van der Waals surface area (Å²) in [4.78, 5) is 24.6. The van der Waals surface area contributed by atoms with Gasteiger partial charge >= 0.3 is 12.0 Å². The van der Waals surface area contributed by atoms with Gasteiger partial charge in [-0.25, -0.2) is 9.59 Å². The van der Waals surface area contributed by atoms with Crippen molar-refractivity contribution >= 4 is 23.6 Å². The van der Waals surface area contributed by atoms with Crippen molar-refractivity contribution in [2.75, 3.05) is 20.3 Å². The van der Waals surface area contributed by atoms with Gasteiger partial charge < -0.3 is 24.8 Å². The summed E-state index contributed by atoms with van der Waals surface area (Å²) in [5.41, 5.74) is 1.44. The molecule has 0 bridgehead atoms. The Balaban J connectivity index is 1.86. The number of benzene rings is 2. The molecular formula is C21H21ClN2O5. The molecule has 1 aliphatic rings. The first-order chi connectivity index (χ1) is 14.0. The molecule has 1 aliphatic heterocycles. The van der Waals surface area contributed by atoms with Crippen LogP contribution in [-0.2, 0) is 14.3 Å². The third kappa shape index (κ3) is 5.28. The Kier molecular flexibility index (Phi) is 6.74. The molecule has 0 spiro atoms. The summed E-state index contributed by atoms with van der Waals surface area (Å²) >= 11 is 5.90. The van der Waals surface area contributed by atoms with Crippen LogP contribution in [0.1, 0.15) is 18.5 Å². The fraction of sp³-hybridized carbons (Fsp3) is 0.238. The maximum Gasteiger partial charge on any atom is 0.338 e. The number of hydrogen-bond acceptors (Lipinski definition) is 5. The summed E-state index contributed by atoms with van der Waals surface area (Å²) in [5, 5.41) is 6.00. The van der Waals surface area contributed by atoms with Crippen molar-refractivity contribution in [2.24, 2.45) is 0 Å². The van der Waals surface area contributed by atoms with Crippen molar-refractivity contribution < 1.29 is 23.8 Å². The monoisotopic (exact) mass is 416 g/mol. The maximum atomic E-state index is 12.6. The Morgan fingerprint density at radius 2 is 1.86 bits per heavy atom. The predicted molar refractivity (Wildman–Crippen MR) is 108 cm³/mol. The average molecular weight is 417 g/mol. The van der Waals surface area contributed by atoms with Gasteiger partial charge in [0.2, 0.25) is 0 Å². The van der Waals surface area contributed by atoms with E-state index in [1.807, 2.05) is 0 Å². The Morgan fingerprint density at radius 3 is 2.59 bits per heavy atom. The van der Waals surface area contributed by atoms with Gasteiger partial charge in [0.15, 0.2) is 0 Å².